The molecule has 0 spiro atoms. The Kier molecular flexibility index (Phi) is 4.47. The summed E-state index contributed by atoms with van der Waals surface area (Å²) >= 11 is 0. The molecule has 0 aromatic heterocycles. The first kappa shape index (κ1) is 12.0. The molecule has 0 saturated heterocycles. The van der Waals surface area contributed by atoms with E-state index in [-0.39, 0.29) is 5.41 Å². The van der Waals surface area contributed by atoms with Crippen LogP contribution in [0.3, 0.4) is 0 Å². The fourth-order valence-corrected chi connectivity index (χ4v) is 0.775. The van der Waals surface area contributed by atoms with Crippen molar-refractivity contribution in [1.29, 1.82) is 0 Å². The normalized spacial score (nSPS) is 12.4. The van der Waals surface area contributed by atoms with Crippen LogP contribution in [-0.2, 0) is 0 Å². The van der Waals surface area contributed by atoms with Gasteiger partial charge in [0.2, 0.25) is 0 Å². The minimum absolute atomic E-state index is 0.0257. The maximum Gasteiger partial charge on any atom is 0.00319 e. The largest absolute Gasteiger partial charge is 0.102 e. The lowest BCUT2D eigenvalue weighted by molar-refractivity contribution is 0.571. The average Bonchev–Trinajstić information content (AvgIpc) is 2.13. The molecule has 0 aromatic carbocycles. The van der Waals surface area contributed by atoms with Crippen LogP contribution in [0.5, 0.6) is 0 Å². The molecule has 0 amide bonds. The van der Waals surface area contributed by atoms with E-state index in [9.17, 15) is 0 Å². The van der Waals surface area contributed by atoms with E-state index in [1.165, 1.54) is 11.1 Å². The van der Waals surface area contributed by atoms with Crippen LogP contribution in [0.25, 0.3) is 0 Å². The van der Waals surface area contributed by atoms with Gasteiger partial charge in [-0.2, -0.15) is 0 Å². The Morgan fingerprint density at radius 1 is 1.31 bits per heavy atom. The number of allylic oxidation sites excluding steroid dienone is 5. The van der Waals surface area contributed by atoms with Crippen molar-refractivity contribution in [2.45, 2.75) is 27.2 Å². The predicted octanol–water partition coefficient (Wildman–Crippen LogP) is 4.28. The lowest BCUT2D eigenvalue weighted by Crippen LogP contribution is -2.09. The summed E-state index contributed by atoms with van der Waals surface area (Å²) in [6.45, 7) is 17.8. The molecule has 72 valence electrons. The molecule has 0 bridgehead atoms. The van der Waals surface area contributed by atoms with Crippen LogP contribution in [0.1, 0.15) is 27.2 Å². The van der Waals surface area contributed by atoms with E-state index in [0.29, 0.717) is 0 Å². The molecular formula is C13H20. The van der Waals surface area contributed by atoms with Crippen LogP contribution in [0.2, 0.25) is 0 Å². The van der Waals surface area contributed by atoms with Crippen LogP contribution >= 0.6 is 0 Å². The second-order valence-electron chi connectivity index (χ2n) is 3.89. The van der Waals surface area contributed by atoms with Crippen LogP contribution in [0, 0.1) is 5.41 Å². The highest BCUT2D eigenvalue weighted by Crippen LogP contribution is 2.28. The number of hydrogen-bond acceptors (Lipinski definition) is 0. The zero-order valence-corrected chi connectivity index (χ0v) is 9.06. The molecule has 0 N–H and O–H groups in total. The van der Waals surface area contributed by atoms with Crippen molar-refractivity contribution in [1.82, 2.24) is 0 Å². The molecule has 0 unspecified atom stereocenters. The highest BCUT2D eigenvalue weighted by molar-refractivity contribution is 5.21. The summed E-state index contributed by atoms with van der Waals surface area (Å²) in [5.74, 6) is 0. The molecule has 0 aromatic rings. The van der Waals surface area contributed by atoms with Crippen molar-refractivity contribution < 1.29 is 0 Å². The van der Waals surface area contributed by atoms with Gasteiger partial charge in [-0.3, -0.25) is 0 Å². The van der Waals surface area contributed by atoms with Crippen molar-refractivity contribution in [3.05, 3.63) is 49.1 Å². The fourth-order valence-electron chi connectivity index (χ4n) is 0.775. The van der Waals surface area contributed by atoms with Crippen molar-refractivity contribution in [2.75, 3.05) is 0 Å². The van der Waals surface area contributed by atoms with Crippen LogP contribution in [0.15, 0.2) is 49.1 Å². The van der Waals surface area contributed by atoms with Gasteiger partial charge in [0.25, 0.3) is 0 Å². The Bertz CT molecular complexity index is 239. The van der Waals surface area contributed by atoms with Crippen molar-refractivity contribution >= 4 is 0 Å². The Morgan fingerprint density at radius 3 is 2.23 bits per heavy atom. The predicted molar refractivity (Wildman–Crippen MR) is 61.7 cm³/mol. The van der Waals surface area contributed by atoms with Crippen LogP contribution in [0.4, 0.5) is 0 Å². The lowest BCUT2D eigenvalue weighted by atomic mass is 9.83. The molecule has 0 aliphatic carbocycles. The van der Waals surface area contributed by atoms with Crippen molar-refractivity contribution in [3.63, 3.8) is 0 Å². The van der Waals surface area contributed by atoms with Gasteiger partial charge >= 0.3 is 0 Å². The van der Waals surface area contributed by atoms with Gasteiger partial charge in [0, 0.05) is 5.41 Å². The smallest absolute Gasteiger partial charge is 0.00319 e. The number of rotatable bonds is 5. The first-order chi connectivity index (χ1) is 5.94. The molecule has 0 rings (SSSR count). The van der Waals surface area contributed by atoms with E-state index < -0.39 is 0 Å². The standard InChI is InChI=1S/C13H20/c1-7-11(3)9-10-12(4)13(5,6)8-2/h7-9H,1-2,4,10H2,3,5-6H3. The molecule has 0 nitrogen and oxygen atoms in total. The SMILES string of the molecule is C=CC(C)=CCC(=C)C(C)(C)C=C. The average molecular weight is 176 g/mol. The molecule has 0 saturated carbocycles. The summed E-state index contributed by atoms with van der Waals surface area (Å²) in [5, 5.41) is 0. The van der Waals surface area contributed by atoms with E-state index in [1.807, 2.05) is 19.1 Å². The van der Waals surface area contributed by atoms with Gasteiger partial charge in [-0.25, -0.2) is 0 Å². The Labute approximate surface area is 82.4 Å². The molecule has 0 heteroatoms. The second-order valence-corrected chi connectivity index (χ2v) is 3.89. The van der Waals surface area contributed by atoms with Gasteiger partial charge < -0.3 is 0 Å². The molecular weight excluding hydrogens is 156 g/mol. The second kappa shape index (κ2) is 4.86. The van der Waals surface area contributed by atoms with E-state index >= 15 is 0 Å². The van der Waals surface area contributed by atoms with E-state index in [0.717, 1.165) is 6.42 Å². The van der Waals surface area contributed by atoms with Gasteiger partial charge in [-0.15, -0.1) is 6.58 Å². The van der Waals surface area contributed by atoms with Gasteiger partial charge in [-0.1, -0.05) is 56.4 Å². The van der Waals surface area contributed by atoms with E-state index in [1.54, 1.807) is 0 Å². The topological polar surface area (TPSA) is 0 Å². The van der Waals surface area contributed by atoms with Gasteiger partial charge in [0.05, 0.1) is 0 Å². The summed E-state index contributed by atoms with van der Waals surface area (Å²) < 4.78 is 0. The lowest BCUT2D eigenvalue weighted by Gasteiger charge is -2.22. The first-order valence-corrected chi connectivity index (χ1v) is 4.55. The number of hydrogen-bond donors (Lipinski definition) is 0. The van der Waals surface area contributed by atoms with Crippen molar-refractivity contribution in [3.8, 4) is 0 Å². The maximum atomic E-state index is 4.05. The third kappa shape index (κ3) is 3.93. The monoisotopic (exact) mass is 176 g/mol. The van der Waals surface area contributed by atoms with E-state index in [2.05, 4.69) is 39.7 Å². The molecule has 0 radical (unpaired) electrons. The Balaban J connectivity index is 4.33. The van der Waals surface area contributed by atoms with Crippen LogP contribution in [-0.4, -0.2) is 0 Å². The molecule has 0 atom stereocenters. The maximum absolute atomic E-state index is 4.05. The van der Waals surface area contributed by atoms with Gasteiger partial charge in [0.1, 0.15) is 0 Å². The summed E-state index contributed by atoms with van der Waals surface area (Å²) in [6.07, 6.45) is 6.83. The minimum atomic E-state index is 0.0257. The van der Waals surface area contributed by atoms with Crippen molar-refractivity contribution in [2.24, 2.45) is 5.41 Å². The van der Waals surface area contributed by atoms with Gasteiger partial charge in [0.15, 0.2) is 0 Å². The summed E-state index contributed by atoms with van der Waals surface area (Å²) in [4.78, 5) is 0. The summed E-state index contributed by atoms with van der Waals surface area (Å²) in [7, 11) is 0. The highest BCUT2D eigenvalue weighted by Gasteiger charge is 2.15. The minimum Gasteiger partial charge on any atom is -0.102 e. The molecule has 0 aliphatic rings. The zero-order chi connectivity index (χ0) is 10.5. The van der Waals surface area contributed by atoms with E-state index in [4.69, 9.17) is 0 Å². The molecule has 0 heterocycles. The first-order valence-electron chi connectivity index (χ1n) is 4.55. The highest BCUT2D eigenvalue weighted by atomic mass is 14.2. The van der Waals surface area contributed by atoms with Crippen LogP contribution < -0.4 is 0 Å². The third-order valence-corrected chi connectivity index (χ3v) is 2.41. The third-order valence-electron chi connectivity index (χ3n) is 2.41. The quantitative estimate of drug-likeness (QED) is 0.433. The summed E-state index contributed by atoms with van der Waals surface area (Å²) in [6, 6.07) is 0. The molecule has 0 fully saturated rings. The Morgan fingerprint density at radius 2 is 1.85 bits per heavy atom. The summed E-state index contributed by atoms with van der Waals surface area (Å²) in [5.41, 5.74) is 2.41. The van der Waals surface area contributed by atoms with Gasteiger partial charge in [-0.05, 0) is 13.3 Å². The zero-order valence-electron chi connectivity index (χ0n) is 9.06. The Hall–Kier alpha value is -1.04. The molecule has 13 heavy (non-hydrogen) atoms. The molecule has 0 aliphatic heterocycles. The fraction of sp³-hybridized carbons (Fsp3) is 0.385.